The molecule has 1 unspecified atom stereocenters. The number of rotatable bonds is 8. The number of aromatic nitrogens is 1. The van der Waals surface area contributed by atoms with Gasteiger partial charge in [-0.25, -0.2) is 0 Å². The van der Waals surface area contributed by atoms with Crippen LogP contribution in [0.3, 0.4) is 0 Å². The van der Waals surface area contributed by atoms with Gasteiger partial charge in [-0.3, -0.25) is 14.7 Å². The standard InChI is InChI=1S/C16H25N3O2/c1-14(19-10-4-5-11-19)12-21-13-16(20)18-9-7-15-6-2-3-8-17-15/h2-3,6,8,14H,4-5,7,9-13H2,1H3,(H,18,20). The molecule has 5 heteroatoms. The molecule has 1 fully saturated rings. The highest BCUT2D eigenvalue weighted by molar-refractivity contribution is 5.77. The van der Waals surface area contributed by atoms with E-state index in [2.05, 4.69) is 22.1 Å². The summed E-state index contributed by atoms with van der Waals surface area (Å²) in [4.78, 5) is 18.3. The Bertz CT molecular complexity index is 419. The monoisotopic (exact) mass is 291 g/mol. The second-order valence-electron chi connectivity index (χ2n) is 5.53. The number of nitrogens with zero attached hydrogens (tertiary/aromatic N) is 2. The van der Waals surface area contributed by atoms with Gasteiger partial charge in [0.2, 0.25) is 5.91 Å². The number of carbonyl (C=O) groups excluding carboxylic acids is 1. The summed E-state index contributed by atoms with van der Waals surface area (Å²) in [6.45, 7) is 5.82. The fourth-order valence-electron chi connectivity index (χ4n) is 2.54. The summed E-state index contributed by atoms with van der Waals surface area (Å²) in [6.07, 6.45) is 5.06. The van der Waals surface area contributed by atoms with E-state index in [0.717, 1.165) is 25.2 Å². The third-order valence-electron chi connectivity index (χ3n) is 3.79. The first-order valence-corrected chi connectivity index (χ1v) is 7.74. The molecule has 1 saturated heterocycles. The maximum Gasteiger partial charge on any atom is 0.246 e. The lowest BCUT2D eigenvalue weighted by molar-refractivity contribution is -0.126. The number of likely N-dealkylation sites (tertiary alicyclic amines) is 1. The third kappa shape index (κ3) is 5.81. The van der Waals surface area contributed by atoms with E-state index in [0.29, 0.717) is 19.2 Å². The highest BCUT2D eigenvalue weighted by atomic mass is 16.5. The van der Waals surface area contributed by atoms with Gasteiger partial charge in [-0.15, -0.1) is 0 Å². The van der Waals surface area contributed by atoms with Crippen molar-refractivity contribution in [3.8, 4) is 0 Å². The number of hydrogen-bond donors (Lipinski definition) is 1. The van der Waals surface area contributed by atoms with Crippen molar-refractivity contribution < 1.29 is 9.53 Å². The molecule has 2 heterocycles. The smallest absolute Gasteiger partial charge is 0.246 e. The summed E-state index contributed by atoms with van der Waals surface area (Å²) in [5, 5.41) is 2.86. The first-order valence-electron chi connectivity index (χ1n) is 7.74. The predicted octanol–water partition coefficient (Wildman–Crippen LogP) is 1.24. The van der Waals surface area contributed by atoms with Crippen molar-refractivity contribution in [2.45, 2.75) is 32.2 Å². The molecule has 0 radical (unpaired) electrons. The summed E-state index contributed by atoms with van der Waals surface area (Å²) in [7, 11) is 0. The molecule has 1 aliphatic rings. The van der Waals surface area contributed by atoms with Gasteiger partial charge in [0.15, 0.2) is 0 Å². The lowest BCUT2D eigenvalue weighted by atomic mass is 10.3. The molecule has 116 valence electrons. The lowest BCUT2D eigenvalue weighted by Gasteiger charge is -2.23. The number of ether oxygens (including phenoxy) is 1. The van der Waals surface area contributed by atoms with Crippen molar-refractivity contribution in [2.75, 3.05) is 32.8 Å². The van der Waals surface area contributed by atoms with Crippen LogP contribution in [0.2, 0.25) is 0 Å². The average Bonchev–Trinajstić information content (AvgIpc) is 3.02. The molecule has 1 aromatic rings. The van der Waals surface area contributed by atoms with E-state index in [4.69, 9.17) is 4.74 Å². The van der Waals surface area contributed by atoms with Crippen LogP contribution in [0.25, 0.3) is 0 Å². The minimum absolute atomic E-state index is 0.0560. The van der Waals surface area contributed by atoms with Crippen LogP contribution in [-0.2, 0) is 16.0 Å². The minimum Gasteiger partial charge on any atom is -0.370 e. The van der Waals surface area contributed by atoms with E-state index in [-0.39, 0.29) is 12.5 Å². The summed E-state index contributed by atoms with van der Waals surface area (Å²) < 4.78 is 5.50. The maximum absolute atomic E-state index is 11.7. The summed E-state index contributed by atoms with van der Waals surface area (Å²) in [5.41, 5.74) is 0.987. The van der Waals surface area contributed by atoms with Crippen molar-refractivity contribution in [3.05, 3.63) is 30.1 Å². The molecule has 1 amide bonds. The zero-order chi connectivity index (χ0) is 14.9. The molecular formula is C16H25N3O2. The van der Waals surface area contributed by atoms with E-state index >= 15 is 0 Å². The van der Waals surface area contributed by atoms with Gasteiger partial charge >= 0.3 is 0 Å². The Kier molecular flexibility index (Phi) is 6.63. The first-order chi connectivity index (χ1) is 10.3. The van der Waals surface area contributed by atoms with Gasteiger partial charge in [-0.05, 0) is 45.0 Å². The van der Waals surface area contributed by atoms with E-state index in [1.807, 2.05) is 18.2 Å². The highest BCUT2D eigenvalue weighted by Gasteiger charge is 2.18. The quantitative estimate of drug-likeness (QED) is 0.783. The van der Waals surface area contributed by atoms with Gasteiger partial charge in [-0.2, -0.15) is 0 Å². The number of pyridine rings is 1. The van der Waals surface area contributed by atoms with Crippen molar-refractivity contribution in [1.82, 2.24) is 15.2 Å². The van der Waals surface area contributed by atoms with Gasteiger partial charge in [0.1, 0.15) is 6.61 Å². The van der Waals surface area contributed by atoms with Crippen LogP contribution >= 0.6 is 0 Å². The van der Waals surface area contributed by atoms with Crippen molar-refractivity contribution >= 4 is 5.91 Å². The van der Waals surface area contributed by atoms with Crippen LogP contribution in [0.5, 0.6) is 0 Å². The van der Waals surface area contributed by atoms with E-state index in [9.17, 15) is 4.79 Å². The van der Waals surface area contributed by atoms with E-state index in [1.165, 1.54) is 12.8 Å². The second kappa shape index (κ2) is 8.74. The molecular weight excluding hydrogens is 266 g/mol. The normalized spacial score (nSPS) is 16.8. The second-order valence-corrected chi connectivity index (χ2v) is 5.53. The Morgan fingerprint density at radius 2 is 2.24 bits per heavy atom. The van der Waals surface area contributed by atoms with Gasteiger partial charge < -0.3 is 10.1 Å². The van der Waals surface area contributed by atoms with Crippen molar-refractivity contribution in [2.24, 2.45) is 0 Å². The zero-order valence-electron chi connectivity index (χ0n) is 12.8. The molecule has 0 aliphatic carbocycles. The number of nitrogens with one attached hydrogen (secondary N) is 1. The van der Waals surface area contributed by atoms with Crippen LogP contribution in [0.1, 0.15) is 25.5 Å². The molecule has 0 aromatic carbocycles. The topological polar surface area (TPSA) is 54.5 Å². The Morgan fingerprint density at radius 3 is 2.95 bits per heavy atom. The van der Waals surface area contributed by atoms with Gasteiger partial charge in [0, 0.05) is 30.9 Å². The minimum atomic E-state index is -0.0560. The molecule has 0 spiro atoms. The number of amides is 1. The molecule has 0 saturated carbocycles. The Hall–Kier alpha value is -1.46. The van der Waals surface area contributed by atoms with Crippen LogP contribution in [0.15, 0.2) is 24.4 Å². The lowest BCUT2D eigenvalue weighted by Crippen LogP contribution is -2.36. The largest absolute Gasteiger partial charge is 0.370 e. The fourth-order valence-corrected chi connectivity index (χ4v) is 2.54. The molecule has 0 bridgehead atoms. The zero-order valence-corrected chi connectivity index (χ0v) is 12.8. The molecule has 2 rings (SSSR count). The molecule has 21 heavy (non-hydrogen) atoms. The highest BCUT2D eigenvalue weighted by Crippen LogP contribution is 2.11. The van der Waals surface area contributed by atoms with E-state index in [1.54, 1.807) is 6.20 Å². The average molecular weight is 291 g/mol. The molecule has 5 nitrogen and oxygen atoms in total. The van der Waals surface area contributed by atoms with Crippen molar-refractivity contribution in [1.29, 1.82) is 0 Å². The fraction of sp³-hybridized carbons (Fsp3) is 0.625. The van der Waals surface area contributed by atoms with E-state index < -0.39 is 0 Å². The molecule has 1 aromatic heterocycles. The van der Waals surface area contributed by atoms with Gasteiger partial charge in [-0.1, -0.05) is 6.07 Å². The van der Waals surface area contributed by atoms with Gasteiger partial charge in [0.25, 0.3) is 0 Å². The maximum atomic E-state index is 11.7. The van der Waals surface area contributed by atoms with Gasteiger partial charge in [0.05, 0.1) is 6.61 Å². The Labute approximate surface area is 126 Å². The van der Waals surface area contributed by atoms with Crippen LogP contribution < -0.4 is 5.32 Å². The van der Waals surface area contributed by atoms with Crippen LogP contribution in [-0.4, -0.2) is 54.7 Å². The molecule has 1 aliphatic heterocycles. The first kappa shape index (κ1) is 15.9. The summed E-state index contributed by atoms with van der Waals surface area (Å²) in [5.74, 6) is -0.0560. The molecule has 1 N–H and O–H groups in total. The number of carbonyl (C=O) groups is 1. The third-order valence-corrected chi connectivity index (χ3v) is 3.79. The van der Waals surface area contributed by atoms with Crippen LogP contribution in [0.4, 0.5) is 0 Å². The summed E-state index contributed by atoms with van der Waals surface area (Å²) >= 11 is 0. The SMILES string of the molecule is CC(COCC(=O)NCCc1ccccn1)N1CCCC1. The predicted molar refractivity (Wildman–Crippen MR) is 82.0 cm³/mol. The van der Waals surface area contributed by atoms with Crippen molar-refractivity contribution in [3.63, 3.8) is 0 Å². The Morgan fingerprint density at radius 1 is 1.43 bits per heavy atom. The number of hydrogen-bond acceptors (Lipinski definition) is 4. The summed E-state index contributed by atoms with van der Waals surface area (Å²) in [6, 6.07) is 6.19. The van der Waals surface area contributed by atoms with Crippen LogP contribution in [0, 0.1) is 0 Å². The molecule has 1 atom stereocenters. The Balaban J connectivity index is 1.53.